The Hall–Kier alpha value is -2.14. The van der Waals surface area contributed by atoms with E-state index in [0.29, 0.717) is 11.9 Å². The van der Waals surface area contributed by atoms with E-state index in [4.69, 9.17) is 4.52 Å². The molecule has 0 atom stereocenters. The number of benzene rings is 1. The van der Waals surface area contributed by atoms with E-state index in [1.165, 1.54) is 0 Å². The topological polar surface area (TPSA) is 84.7 Å². The van der Waals surface area contributed by atoms with Crippen molar-refractivity contribution in [3.63, 3.8) is 0 Å². The normalized spacial score (nSPS) is 11.7. The Balaban J connectivity index is 1.75. The Kier molecular flexibility index (Phi) is 4.95. The summed E-state index contributed by atoms with van der Waals surface area (Å²) in [6, 6.07) is 7.64. The fourth-order valence-corrected chi connectivity index (χ4v) is 2.95. The molecular weight excluding hydrogens is 425 g/mol. The van der Waals surface area contributed by atoms with E-state index in [1.807, 2.05) is 12.1 Å². The Labute approximate surface area is 151 Å². The number of aromatic nitrogens is 4. The van der Waals surface area contributed by atoms with Gasteiger partial charge in [-0.15, -0.1) is 0 Å². The summed E-state index contributed by atoms with van der Waals surface area (Å²) in [6.45, 7) is 0. The predicted molar refractivity (Wildman–Crippen MR) is 86.9 cm³/mol. The first kappa shape index (κ1) is 17.7. The molecule has 130 valence electrons. The Morgan fingerprint density at radius 1 is 1.24 bits per heavy atom. The van der Waals surface area contributed by atoms with Gasteiger partial charge in [0, 0.05) is 16.1 Å². The van der Waals surface area contributed by atoms with Crippen LogP contribution >= 0.6 is 27.7 Å². The van der Waals surface area contributed by atoms with Gasteiger partial charge >= 0.3 is 6.18 Å². The zero-order valence-electron chi connectivity index (χ0n) is 12.2. The second-order valence-corrected chi connectivity index (χ2v) is 6.62. The minimum Gasteiger partial charge on any atom is -0.338 e. The molecular formula is C14H8BrF3N4O2S. The van der Waals surface area contributed by atoms with Crippen molar-refractivity contribution in [3.8, 4) is 11.4 Å². The van der Waals surface area contributed by atoms with Crippen LogP contribution in [0.5, 0.6) is 0 Å². The zero-order chi connectivity index (χ0) is 18.0. The van der Waals surface area contributed by atoms with Gasteiger partial charge in [-0.25, -0.2) is 4.98 Å². The third-order valence-electron chi connectivity index (χ3n) is 2.89. The molecule has 0 aliphatic carbocycles. The molecule has 0 radical (unpaired) electrons. The van der Waals surface area contributed by atoms with Crippen LogP contribution in [0.3, 0.4) is 0 Å². The van der Waals surface area contributed by atoms with Crippen LogP contribution < -0.4 is 5.56 Å². The summed E-state index contributed by atoms with van der Waals surface area (Å²) in [6.07, 6.45) is -4.69. The van der Waals surface area contributed by atoms with Gasteiger partial charge in [0.25, 0.3) is 5.56 Å². The number of H-pyrrole nitrogens is 1. The molecule has 0 aliphatic rings. The molecule has 3 aromatic rings. The lowest BCUT2D eigenvalue weighted by molar-refractivity contribution is -0.141. The number of hydrogen-bond donors (Lipinski definition) is 1. The number of alkyl halides is 3. The zero-order valence-corrected chi connectivity index (χ0v) is 14.6. The van der Waals surface area contributed by atoms with Gasteiger partial charge in [-0.2, -0.15) is 18.2 Å². The van der Waals surface area contributed by atoms with Crippen LogP contribution in [0.15, 0.2) is 49.3 Å². The maximum atomic E-state index is 12.7. The summed E-state index contributed by atoms with van der Waals surface area (Å²) in [4.78, 5) is 21.1. The number of nitrogens with one attached hydrogen (secondary N) is 1. The minimum atomic E-state index is -4.69. The Morgan fingerprint density at radius 2 is 2.04 bits per heavy atom. The minimum absolute atomic E-state index is 0.0608. The maximum absolute atomic E-state index is 12.7. The van der Waals surface area contributed by atoms with Gasteiger partial charge in [-0.3, -0.25) is 4.79 Å². The summed E-state index contributed by atoms with van der Waals surface area (Å²) in [5.74, 6) is 0.605. The monoisotopic (exact) mass is 432 g/mol. The largest absolute Gasteiger partial charge is 0.433 e. The van der Waals surface area contributed by atoms with Crippen molar-refractivity contribution in [1.29, 1.82) is 0 Å². The van der Waals surface area contributed by atoms with Gasteiger partial charge in [0.05, 0.1) is 5.75 Å². The third-order valence-corrected chi connectivity index (χ3v) is 4.24. The Morgan fingerprint density at radius 3 is 2.76 bits per heavy atom. The smallest absolute Gasteiger partial charge is 0.338 e. The molecule has 3 rings (SSSR count). The number of nitrogens with zero attached hydrogens (tertiary/aromatic N) is 3. The Bertz CT molecular complexity index is 957. The molecule has 6 nitrogen and oxygen atoms in total. The van der Waals surface area contributed by atoms with Crippen molar-refractivity contribution in [2.24, 2.45) is 0 Å². The van der Waals surface area contributed by atoms with Gasteiger partial charge in [0.15, 0.2) is 10.9 Å². The molecule has 0 bridgehead atoms. The average molecular weight is 433 g/mol. The summed E-state index contributed by atoms with van der Waals surface area (Å²) < 4.78 is 43.9. The highest BCUT2D eigenvalue weighted by molar-refractivity contribution is 9.10. The SMILES string of the molecule is O=c1cc(C(F)(F)F)nc(SCc2nc(-c3cccc(Br)c3)no2)[nH]1. The first-order valence-corrected chi connectivity index (χ1v) is 8.49. The highest BCUT2D eigenvalue weighted by Gasteiger charge is 2.33. The molecule has 0 saturated heterocycles. The molecule has 25 heavy (non-hydrogen) atoms. The standard InChI is InChI=1S/C14H8BrF3N4O2S/c15-8-3-1-2-7(4-8)12-21-11(24-22-12)6-25-13-19-9(14(16,17)18)5-10(23)20-13/h1-5H,6H2,(H,19,20,23). The molecule has 1 aromatic carbocycles. The fraction of sp³-hybridized carbons (Fsp3) is 0.143. The van der Waals surface area contributed by atoms with E-state index < -0.39 is 17.4 Å². The highest BCUT2D eigenvalue weighted by Crippen LogP contribution is 2.28. The van der Waals surface area contributed by atoms with Crippen molar-refractivity contribution >= 4 is 27.7 Å². The number of halogens is 4. The summed E-state index contributed by atoms with van der Waals surface area (Å²) in [7, 11) is 0. The lowest BCUT2D eigenvalue weighted by Gasteiger charge is -2.06. The van der Waals surface area contributed by atoms with E-state index in [9.17, 15) is 18.0 Å². The first-order valence-electron chi connectivity index (χ1n) is 6.71. The molecule has 11 heteroatoms. The second kappa shape index (κ2) is 7.00. The molecule has 0 fully saturated rings. The lowest BCUT2D eigenvalue weighted by atomic mass is 10.2. The molecule has 0 spiro atoms. The van der Waals surface area contributed by atoms with Gasteiger partial charge in [0.2, 0.25) is 11.7 Å². The number of thioether (sulfide) groups is 1. The lowest BCUT2D eigenvalue weighted by Crippen LogP contribution is -2.16. The first-order chi connectivity index (χ1) is 11.8. The van der Waals surface area contributed by atoms with E-state index in [2.05, 4.69) is 36.0 Å². The molecule has 2 heterocycles. The average Bonchev–Trinajstić information content (AvgIpc) is 3.01. The molecule has 1 N–H and O–H groups in total. The molecule has 0 amide bonds. The quantitative estimate of drug-likeness (QED) is 0.497. The van der Waals surface area contributed by atoms with Crippen LogP contribution in [0.25, 0.3) is 11.4 Å². The number of hydrogen-bond acceptors (Lipinski definition) is 6. The van der Waals surface area contributed by atoms with Gasteiger partial charge in [-0.05, 0) is 12.1 Å². The van der Waals surface area contributed by atoms with E-state index in [0.717, 1.165) is 21.8 Å². The maximum Gasteiger partial charge on any atom is 0.433 e. The van der Waals surface area contributed by atoms with Crippen LogP contribution in [0.1, 0.15) is 11.6 Å². The van der Waals surface area contributed by atoms with Crippen LogP contribution in [0.4, 0.5) is 13.2 Å². The van der Waals surface area contributed by atoms with E-state index in [1.54, 1.807) is 12.1 Å². The van der Waals surface area contributed by atoms with Crippen LogP contribution in [0.2, 0.25) is 0 Å². The number of rotatable bonds is 4. The van der Waals surface area contributed by atoms with Gasteiger partial charge < -0.3 is 9.51 Å². The second-order valence-electron chi connectivity index (χ2n) is 4.74. The van der Waals surface area contributed by atoms with Crippen LogP contribution in [0, 0.1) is 0 Å². The molecule has 0 aliphatic heterocycles. The van der Waals surface area contributed by atoms with Crippen molar-refractivity contribution in [3.05, 3.63) is 56.7 Å². The highest BCUT2D eigenvalue weighted by atomic mass is 79.9. The van der Waals surface area contributed by atoms with Gasteiger partial charge in [0.1, 0.15) is 0 Å². The summed E-state index contributed by atoms with van der Waals surface area (Å²) >= 11 is 4.19. The van der Waals surface area contributed by atoms with Gasteiger partial charge in [-0.1, -0.05) is 45.0 Å². The molecule has 0 unspecified atom stereocenters. The van der Waals surface area contributed by atoms with E-state index in [-0.39, 0.29) is 16.8 Å². The fourth-order valence-electron chi connectivity index (χ4n) is 1.84. The van der Waals surface area contributed by atoms with Crippen LogP contribution in [-0.4, -0.2) is 20.1 Å². The van der Waals surface area contributed by atoms with Crippen molar-refractivity contribution in [1.82, 2.24) is 20.1 Å². The third kappa shape index (κ3) is 4.48. The van der Waals surface area contributed by atoms with Crippen LogP contribution in [-0.2, 0) is 11.9 Å². The molecule has 2 aromatic heterocycles. The van der Waals surface area contributed by atoms with Crippen molar-refractivity contribution in [2.45, 2.75) is 17.1 Å². The van der Waals surface area contributed by atoms with Crippen molar-refractivity contribution < 1.29 is 17.7 Å². The summed E-state index contributed by atoms with van der Waals surface area (Å²) in [5.41, 5.74) is -1.41. The van der Waals surface area contributed by atoms with E-state index >= 15 is 0 Å². The van der Waals surface area contributed by atoms with Crippen molar-refractivity contribution in [2.75, 3.05) is 0 Å². The summed E-state index contributed by atoms with van der Waals surface area (Å²) in [5, 5.41) is 3.64. The molecule has 0 saturated carbocycles. The number of aromatic amines is 1. The predicted octanol–water partition coefficient (Wildman–Crippen LogP) is 3.89.